The maximum absolute atomic E-state index is 13.2. The van der Waals surface area contributed by atoms with E-state index in [0.29, 0.717) is 0 Å². The molecule has 0 aliphatic carbocycles. The summed E-state index contributed by atoms with van der Waals surface area (Å²) in [6.45, 7) is 8.23. The highest BCUT2D eigenvalue weighted by atomic mass is 32.2. The Morgan fingerprint density at radius 2 is 0.950 bits per heavy atom. The van der Waals surface area contributed by atoms with Crippen LogP contribution in [0.4, 0.5) is 0 Å². The molecule has 0 fully saturated rings. The Labute approximate surface area is 124 Å². The monoisotopic (exact) mass is 286 g/mol. The van der Waals surface area contributed by atoms with Crippen molar-refractivity contribution in [3.05, 3.63) is 71.8 Å². The van der Waals surface area contributed by atoms with Crippen molar-refractivity contribution in [2.24, 2.45) is 0 Å². The average molecular weight is 286 g/mol. The van der Waals surface area contributed by atoms with Crippen LogP contribution in [-0.4, -0.2) is 4.21 Å². The molecule has 2 heteroatoms. The van der Waals surface area contributed by atoms with E-state index in [-0.39, 0.29) is 9.49 Å². The lowest BCUT2D eigenvalue weighted by Crippen LogP contribution is -2.36. The minimum atomic E-state index is -1.04. The second-order valence-corrected chi connectivity index (χ2v) is 8.60. The van der Waals surface area contributed by atoms with Crippen LogP contribution in [0.25, 0.3) is 0 Å². The molecule has 20 heavy (non-hydrogen) atoms. The lowest BCUT2D eigenvalue weighted by molar-refractivity contribution is 0.599. The Balaban J connectivity index is 2.40. The first-order chi connectivity index (χ1) is 9.37. The highest BCUT2D eigenvalue weighted by Gasteiger charge is 2.39. The second kappa shape index (κ2) is 5.53. The summed E-state index contributed by atoms with van der Waals surface area (Å²) in [5.74, 6) is 0. The molecule has 2 aromatic rings. The third-order valence-corrected chi connectivity index (χ3v) is 6.19. The van der Waals surface area contributed by atoms with E-state index in [4.69, 9.17) is 0 Å². The molecule has 0 spiro atoms. The van der Waals surface area contributed by atoms with Crippen molar-refractivity contribution >= 4 is 10.8 Å². The van der Waals surface area contributed by atoms with Gasteiger partial charge in [-0.3, -0.25) is 4.21 Å². The number of hydrogen-bond acceptors (Lipinski definition) is 1. The van der Waals surface area contributed by atoms with Gasteiger partial charge in [0.1, 0.15) is 0 Å². The molecule has 0 atom stereocenters. The Kier molecular flexibility index (Phi) is 4.14. The minimum Gasteiger partial charge on any atom is -0.258 e. The van der Waals surface area contributed by atoms with E-state index in [0.717, 1.165) is 11.1 Å². The van der Waals surface area contributed by atoms with Crippen LogP contribution in [0.15, 0.2) is 60.7 Å². The quantitative estimate of drug-likeness (QED) is 0.802. The largest absolute Gasteiger partial charge is 0.258 e. The van der Waals surface area contributed by atoms with Crippen molar-refractivity contribution in [1.29, 1.82) is 0 Å². The van der Waals surface area contributed by atoms with Gasteiger partial charge in [-0.1, -0.05) is 60.7 Å². The van der Waals surface area contributed by atoms with Crippen molar-refractivity contribution in [3.63, 3.8) is 0 Å². The zero-order valence-corrected chi connectivity index (χ0v) is 13.4. The van der Waals surface area contributed by atoms with E-state index in [9.17, 15) is 4.21 Å². The zero-order valence-electron chi connectivity index (χ0n) is 12.6. The molecule has 0 aromatic heterocycles. The molecule has 0 aliphatic rings. The van der Waals surface area contributed by atoms with Crippen LogP contribution in [0.2, 0.25) is 0 Å². The van der Waals surface area contributed by atoms with Crippen LogP contribution >= 0.6 is 0 Å². The molecule has 0 radical (unpaired) electrons. The minimum absolute atomic E-state index is 0.388. The molecule has 0 N–H and O–H groups in total. The van der Waals surface area contributed by atoms with Crippen molar-refractivity contribution in [3.8, 4) is 0 Å². The van der Waals surface area contributed by atoms with E-state index in [1.165, 1.54) is 0 Å². The smallest absolute Gasteiger partial charge is 0.0659 e. The van der Waals surface area contributed by atoms with E-state index >= 15 is 0 Å². The van der Waals surface area contributed by atoms with Crippen LogP contribution < -0.4 is 0 Å². The SMILES string of the molecule is CC(C)(c1ccccc1)S(=O)C(C)(C)c1ccccc1. The van der Waals surface area contributed by atoms with Gasteiger partial charge in [-0.05, 0) is 38.8 Å². The molecule has 0 unspecified atom stereocenters. The van der Waals surface area contributed by atoms with Crippen molar-refractivity contribution in [1.82, 2.24) is 0 Å². The topological polar surface area (TPSA) is 17.1 Å². The van der Waals surface area contributed by atoms with Crippen LogP contribution in [-0.2, 0) is 20.3 Å². The molecule has 0 amide bonds. The Hall–Kier alpha value is -1.41. The summed E-state index contributed by atoms with van der Waals surface area (Å²) in [4.78, 5) is 0. The lowest BCUT2D eigenvalue weighted by Gasteiger charge is -2.35. The molecule has 0 aliphatic heterocycles. The molecule has 2 aromatic carbocycles. The van der Waals surface area contributed by atoms with Gasteiger partial charge < -0.3 is 0 Å². The lowest BCUT2D eigenvalue weighted by atomic mass is 10.0. The highest BCUT2D eigenvalue weighted by molar-refractivity contribution is 7.87. The fraction of sp³-hybridized carbons (Fsp3) is 0.333. The number of rotatable bonds is 4. The normalized spacial score (nSPS) is 12.7. The summed E-state index contributed by atoms with van der Waals surface area (Å²) in [7, 11) is -1.04. The standard InChI is InChI=1S/C18H22OS/c1-17(2,15-11-7-5-8-12-15)20(19)18(3,4)16-13-9-6-10-14-16/h5-14H,1-4H3. The summed E-state index contributed by atoms with van der Waals surface area (Å²) < 4.78 is 12.4. The van der Waals surface area contributed by atoms with Gasteiger partial charge in [0.25, 0.3) is 0 Å². The van der Waals surface area contributed by atoms with Gasteiger partial charge in [0, 0.05) is 10.8 Å². The molecule has 2 rings (SSSR count). The van der Waals surface area contributed by atoms with Crippen LogP contribution in [0.5, 0.6) is 0 Å². The fourth-order valence-corrected chi connectivity index (χ4v) is 4.51. The average Bonchev–Trinajstić information content (AvgIpc) is 2.48. The Morgan fingerprint density at radius 1 is 0.650 bits per heavy atom. The van der Waals surface area contributed by atoms with Gasteiger partial charge >= 0.3 is 0 Å². The van der Waals surface area contributed by atoms with E-state index in [1.54, 1.807) is 0 Å². The number of benzene rings is 2. The van der Waals surface area contributed by atoms with Crippen molar-refractivity contribution in [2.45, 2.75) is 37.2 Å². The van der Waals surface area contributed by atoms with E-state index in [2.05, 4.69) is 52.0 Å². The summed E-state index contributed by atoms with van der Waals surface area (Å²) in [6.07, 6.45) is 0. The summed E-state index contributed by atoms with van der Waals surface area (Å²) in [6, 6.07) is 20.2. The molecule has 0 bridgehead atoms. The van der Waals surface area contributed by atoms with Crippen LogP contribution in [0, 0.1) is 0 Å². The number of hydrogen-bond donors (Lipinski definition) is 0. The van der Waals surface area contributed by atoms with E-state index in [1.807, 2.05) is 36.4 Å². The fourth-order valence-electron chi connectivity index (χ4n) is 2.53. The Bertz CT molecular complexity index is 532. The zero-order chi connectivity index (χ0) is 14.8. The van der Waals surface area contributed by atoms with Crippen molar-refractivity contribution in [2.75, 3.05) is 0 Å². The summed E-state index contributed by atoms with van der Waals surface area (Å²) >= 11 is 0. The first-order valence-electron chi connectivity index (χ1n) is 6.90. The molecule has 1 nitrogen and oxygen atoms in total. The third-order valence-electron chi connectivity index (χ3n) is 3.86. The van der Waals surface area contributed by atoms with Gasteiger partial charge in [0.2, 0.25) is 0 Å². The van der Waals surface area contributed by atoms with Crippen LogP contribution in [0.3, 0.4) is 0 Å². The molecule has 0 saturated heterocycles. The molecule has 106 valence electrons. The van der Waals surface area contributed by atoms with Gasteiger partial charge in [-0.25, -0.2) is 0 Å². The maximum atomic E-state index is 13.2. The molecular weight excluding hydrogens is 264 g/mol. The summed E-state index contributed by atoms with van der Waals surface area (Å²) in [5, 5.41) is 0. The Morgan fingerprint density at radius 3 is 1.25 bits per heavy atom. The maximum Gasteiger partial charge on any atom is 0.0659 e. The predicted octanol–water partition coefficient (Wildman–Crippen LogP) is 4.61. The third kappa shape index (κ3) is 2.71. The summed E-state index contributed by atoms with van der Waals surface area (Å²) in [5.41, 5.74) is 2.23. The van der Waals surface area contributed by atoms with Gasteiger partial charge in [-0.15, -0.1) is 0 Å². The molecule has 0 saturated carbocycles. The van der Waals surface area contributed by atoms with E-state index < -0.39 is 10.8 Å². The first kappa shape index (κ1) is 15.0. The predicted molar refractivity (Wildman–Crippen MR) is 87.1 cm³/mol. The molecule has 0 heterocycles. The van der Waals surface area contributed by atoms with Gasteiger partial charge in [0.15, 0.2) is 0 Å². The van der Waals surface area contributed by atoms with Gasteiger partial charge in [0.05, 0.1) is 9.49 Å². The first-order valence-corrected chi connectivity index (χ1v) is 8.05. The highest BCUT2D eigenvalue weighted by Crippen LogP contribution is 2.39. The van der Waals surface area contributed by atoms with Crippen molar-refractivity contribution < 1.29 is 4.21 Å². The molecular formula is C18H22OS. The van der Waals surface area contributed by atoms with Crippen LogP contribution in [0.1, 0.15) is 38.8 Å². The van der Waals surface area contributed by atoms with Gasteiger partial charge in [-0.2, -0.15) is 0 Å². The second-order valence-electron chi connectivity index (χ2n) is 6.02.